The highest BCUT2D eigenvalue weighted by Gasteiger charge is 2.27. The Morgan fingerprint density at radius 1 is 0.895 bits per heavy atom. The van der Waals surface area contributed by atoms with Crippen LogP contribution in [0.3, 0.4) is 0 Å². The summed E-state index contributed by atoms with van der Waals surface area (Å²) in [6.45, 7) is 0. The Labute approximate surface area is 223 Å². The fraction of sp³-hybridized carbons (Fsp3) is 0.300. The van der Waals surface area contributed by atoms with E-state index in [0.29, 0.717) is 34.5 Å². The first-order chi connectivity index (χ1) is 18.4. The van der Waals surface area contributed by atoms with Crippen LogP contribution in [0.1, 0.15) is 29.2 Å². The van der Waals surface area contributed by atoms with Gasteiger partial charge in [-0.25, -0.2) is 4.79 Å². The maximum absolute atomic E-state index is 12.6. The predicted molar refractivity (Wildman–Crippen MR) is 146 cm³/mol. The zero-order chi connectivity index (χ0) is 27.2. The molecule has 0 fully saturated rings. The first-order valence-electron chi connectivity index (χ1n) is 12.2. The molecule has 1 atom stereocenters. The van der Waals surface area contributed by atoms with Crippen molar-refractivity contribution in [3.05, 3.63) is 71.3 Å². The number of hydrogen-bond donors (Lipinski definition) is 0. The topological polar surface area (TPSA) is 75.7 Å². The van der Waals surface area contributed by atoms with E-state index >= 15 is 0 Å². The quantitative estimate of drug-likeness (QED) is 0.209. The van der Waals surface area contributed by atoms with E-state index in [0.717, 1.165) is 35.2 Å². The van der Waals surface area contributed by atoms with Crippen molar-refractivity contribution in [2.24, 2.45) is 0 Å². The Hall–Kier alpha value is -4.33. The molecule has 3 aromatic rings. The van der Waals surface area contributed by atoms with Gasteiger partial charge >= 0.3 is 5.97 Å². The number of nitrogens with zero attached hydrogens (tertiary/aromatic N) is 1. The summed E-state index contributed by atoms with van der Waals surface area (Å²) in [7, 11) is 10.3. The molecule has 0 saturated carbocycles. The number of carbonyl (C=O) groups is 1. The van der Waals surface area contributed by atoms with Crippen molar-refractivity contribution in [3.8, 4) is 34.5 Å². The van der Waals surface area contributed by atoms with Gasteiger partial charge in [0.1, 0.15) is 23.4 Å². The zero-order valence-corrected chi connectivity index (χ0v) is 22.6. The lowest BCUT2D eigenvalue weighted by molar-refractivity contribution is -0.128. The third kappa shape index (κ3) is 5.80. The fourth-order valence-corrected chi connectivity index (χ4v) is 4.40. The van der Waals surface area contributed by atoms with Crippen LogP contribution in [0.2, 0.25) is 0 Å². The Balaban J connectivity index is 1.54. The maximum atomic E-state index is 12.6. The summed E-state index contributed by atoms with van der Waals surface area (Å²) >= 11 is 0. The van der Waals surface area contributed by atoms with Crippen molar-refractivity contribution in [1.82, 2.24) is 0 Å². The molecule has 0 spiro atoms. The molecule has 1 aliphatic rings. The highest BCUT2D eigenvalue weighted by Crippen LogP contribution is 2.45. The van der Waals surface area contributed by atoms with E-state index in [1.54, 1.807) is 46.6 Å². The standard InChI is InChI=1S/C30H33NO7/c1-31(2)21-10-7-19(8-11-21)9-14-29(32)37-22-17-25(33-3)23-12-13-24(38-26(23)18-22)20-15-27(34-4)30(36-6)28(16-20)35-5/h7-11,14-18,24H,12-13H2,1-6H3. The number of methoxy groups -OCH3 is 4. The highest BCUT2D eigenvalue weighted by molar-refractivity contribution is 5.89. The number of fused-ring (bicyclic) bond motifs is 1. The number of hydrogen-bond acceptors (Lipinski definition) is 8. The van der Waals surface area contributed by atoms with Gasteiger partial charge in [-0.05, 0) is 54.3 Å². The van der Waals surface area contributed by atoms with Crippen LogP contribution in [-0.4, -0.2) is 48.5 Å². The summed E-state index contributed by atoms with van der Waals surface area (Å²) in [4.78, 5) is 14.6. The van der Waals surface area contributed by atoms with Crippen LogP contribution in [-0.2, 0) is 11.2 Å². The smallest absolute Gasteiger partial charge is 0.336 e. The summed E-state index contributed by atoms with van der Waals surface area (Å²) in [5.74, 6) is 2.67. The SMILES string of the molecule is COc1cc(OC(=O)C=Cc2ccc(N(C)C)cc2)cc2c1CCC(c1cc(OC)c(OC)c(OC)c1)O2. The average molecular weight is 520 g/mol. The molecule has 0 radical (unpaired) electrons. The van der Waals surface area contributed by atoms with Crippen molar-refractivity contribution in [2.75, 3.05) is 47.4 Å². The third-order valence-electron chi connectivity index (χ3n) is 6.39. The summed E-state index contributed by atoms with van der Waals surface area (Å²) in [5.41, 5.74) is 3.78. The van der Waals surface area contributed by atoms with Crippen LogP contribution in [0.15, 0.2) is 54.6 Å². The monoisotopic (exact) mass is 519 g/mol. The second-order valence-corrected chi connectivity index (χ2v) is 8.95. The molecule has 4 rings (SSSR count). The van der Waals surface area contributed by atoms with Gasteiger partial charge in [0.25, 0.3) is 0 Å². The first kappa shape index (κ1) is 26.7. The number of benzene rings is 3. The molecule has 0 amide bonds. The molecule has 3 aromatic carbocycles. The number of carbonyl (C=O) groups excluding carboxylic acids is 1. The van der Waals surface area contributed by atoms with Crippen LogP contribution in [0.25, 0.3) is 6.08 Å². The Morgan fingerprint density at radius 2 is 1.55 bits per heavy atom. The minimum Gasteiger partial charge on any atom is -0.496 e. The van der Waals surface area contributed by atoms with E-state index < -0.39 is 5.97 Å². The van der Waals surface area contributed by atoms with E-state index in [2.05, 4.69) is 0 Å². The fourth-order valence-electron chi connectivity index (χ4n) is 4.40. The van der Waals surface area contributed by atoms with Gasteiger partial charge in [0.05, 0.1) is 28.4 Å². The van der Waals surface area contributed by atoms with E-state index in [-0.39, 0.29) is 6.10 Å². The van der Waals surface area contributed by atoms with Gasteiger partial charge < -0.3 is 33.3 Å². The largest absolute Gasteiger partial charge is 0.496 e. The van der Waals surface area contributed by atoms with Crippen LogP contribution in [0.5, 0.6) is 34.5 Å². The average Bonchev–Trinajstić information content (AvgIpc) is 2.94. The van der Waals surface area contributed by atoms with Crippen LogP contribution >= 0.6 is 0 Å². The third-order valence-corrected chi connectivity index (χ3v) is 6.39. The molecular formula is C30H33NO7. The molecule has 38 heavy (non-hydrogen) atoms. The number of esters is 1. The predicted octanol–water partition coefficient (Wildman–Crippen LogP) is 5.47. The minimum absolute atomic E-state index is 0.267. The van der Waals surface area contributed by atoms with Gasteiger partial charge in [0, 0.05) is 43.6 Å². The van der Waals surface area contributed by atoms with Crippen molar-refractivity contribution >= 4 is 17.7 Å². The van der Waals surface area contributed by atoms with E-state index in [1.807, 2.05) is 55.4 Å². The molecule has 1 unspecified atom stereocenters. The van der Waals surface area contributed by atoms with Gasteiger partial charge in [0.2, 0.25) is 5.75 Å². The molecule has 8 heteroatoms. The lowest BCUT2D eigenvalue weighted by atomic mass is 9.96. The molecule has 0 bridgehead atoms. The van der Waals surface area contributed by atoms with Crippen LogP contribution < -0.4 is 33.3 Å². The van der Waals surface area contributed by atoms with E-state index in [4.69, 9.17) is 28.4 Å². The Kier molecular flexibility index (Phi) is 8.31. The summed E-state index contributed by atoms with van der Waals surface area (Å²) in [6, 6.07) is 15.1. The van der Waals surface area contributed by atoms with Crippen LogP contribution in [0, 0.1) is 0 Å². The molecular weight excluding hydrogens is 486 g/mol. The van der Waals surface area contributed by atoms with Gasteiger partial charge in [0.15, 0.2) is 11.5 Å². The lowest BCUT2D eigenvalue weighted by Gasteiger charge is -2.28. The van der Waals surface area contributed by atoms with Gasteiger partial charge in [-0.1, -0.05) is 12.1 Å². The Bertz CT molecular complexity index is 1290. The van der Waals surface area contributed by atoms with E-state index in [9.17, 15) is 4.79 Å². The molecule has 0 aromatic heterocycles. The normalized spacial score (nSPS) is 14.3. The molecule has 0 aliphatic carbocycles. The number of anilines is 1. The highest BCUT2D eigenvalue weighted by atomic mass is 16.5. The van der Waals surface area contributed by atoms with E-state index in [1.165, 1.54) is 6.08 Å². The first-order valence-corrected chi connectivity index (χ1v) is 12.2. The zero-order valence-electron chi connectivity index (χ0n) is 22.6. The van der Waals surface area contributed by atoms with Crippen LogP contribution in [0.4, 0.5) is 5.69 Å². The van der Waals surface area contributed by atoms with Gasteiger partial charge in [-0.15, -0.1) is 0 Å². The molecule has 200 valence electrons. The maximum Gasteiger partial charge on any atom is 0.336 e. The second-order valence-electron chi connectivity index (χ2n) is 8.95. The number of rotatable bonds is 9. The van der Waals surface area contributed by atoms with Gasteiger partial charge in [-0.3, -0.25) is 0 Å². The molecule has 1 aliphatic heterocycles. The van der Waals surface area contributed by atoms with Crippen molar-refractivity contribution in [1.29, 1.82) is 0 Å². The van der Waals surface area contributed by atoms with Crippen molar-refractivity contribution in [2.45, 2.75) is 18.9 Å². The summed E-state index contributed by atoms with van der Waals surface area (Å²) in [6.07, 6.45) is 4.29. The second kappa shape index (κ2) is 11.8. The molecule has 1 heterocycles. The molecule has 0 saturated heterocycles. The molecule has 8 nitrogen and oxygen atoms in total. The summed E-state index contributed by atoms with van der Waals surface area (Å²) < 4.78 is 34.0. The lowest BCUT2D eigenvalue weighted by Crippen LogP contribution is -2.16. The minimum atomic E-state index is -0.499. The summed E-state index contributed by atoms with van der Waals surface area (Å²) in [5, 5.41) is 0. The van der Waals surface area contributed by atoms with Crippen molar-refractivity contribution < 1.29 is 33.2 Å². The number of ether oxygens (including phenoxy) is 6. The Morgan fingerprint density at radius 3 is 2.13 bits per heavy atom. The molecule has 0 N–H and O–H groups in total. The van der Waals surface area contributed by atoms with Gasteiger partial charge in [-0.2, -0.15) is 0 Å². The van der Waals surface area contributed by atoms with Crippen molar-refractivity contribution in [3.63, 3.8) is 0 Å².